The van der Waals surface area contributed by atoms with Crippen molar-refractivity contribution in [3.05, 3.63) is 23.4 Å². The highest BCUT2D eigenvalue weighted by atomic mass is 16.1. The first-order valence-electron chi connectivity index (χ1n) is 7.15. The molecule has 1 atom stereocenters. The lowest BCUT2D eigenvalue weighted by Crippen LogP contribution is -2.41. The van der Waals surface area contributed by atoms with Gasteiger partial charge < -0.3 is 10.6 Å². The van der Waals surface area contributed by atoms with Crippen molar-refractivity contribution in [2.75, 3.05) is 12.4 Å². The summed E-state index contributed by atoms with van der Waals surface area (Å²) in [5, 5.41) is 6.07. The zero-order valence-corrected chi connectivity index (χ0v) is 13.7. The largest absolute Gasteiger partial charge is 0.373 e. The Hall–Kier alpha value is -1.58. The number of nitrogens with one attached hydrogen (secondary N) is 2. The lowest BCUT2D eigenvalue weighted by atomic mass is 9.88. The molecule has 0 radical (unpaired) electrons. The zero-order chi connectivity index (χ0) is 15.5. The van der Waals surface area contributed by atoms with Crippen molar-refractivity contribution in [2.45, 2.75) is 53.5 Å². The minimum atomic E-state index is -0.0479. The van der Waals surface area contributed by atoms with E-state index in [9.17, 15) is 4.79 Å². The molecule has 0 bridgehead atoms. The van der Waals surface area contributed by atoms with Crippen LogP contribution >= 0.6 is 0 Å². The molecular weight excluding hydrogens is 250 g/mol. The summed E-state index contributed by atoms with van der Waals surface area (Å²) in [7, 11) is 1.81. The van der Waals surface area contributed by atoms with Gasteiger partial charge in [0.15, 0.2) is 0 Å². The van der Waals surface area contributed by atoms with Gasteiger partial charge in [-0.1, -0.05) is 34.6 Å². The van der Waals surface area contributed by atoms with Crippen LogP contribution in [0.1, 0.15) is 63.5 Å². The van der Waals surface area contributed by atoms with E-state index in [1.54, 1.807) is 6.07 Å². The van der Waals surface area contributed by atoms with Crippen molar-refractivity contribution in [2.24, 2.45) is 5.41 Å². The van der Waals surface area contributed by atoms with E-state index in [1.165, 1.54) is 0 Å². The van der Waals surface area contributed by atoms with E-state index >= 15 is 0 Å². The lowest BCUT2D eigenvalue weighted by Gasteiger charge is -2.28. The lowest BCUT2D eigenvalue weighted by molar-refractivity contribution is 0.0910. The van der Waals surface area contributed by atoms with Gasteiger partial charge in [0.1, 0.15) is 5.82 Å². The maximum Gasteiger partial charge on any atom is 0.251 e. The van der Waals surface area contributed by atoms with Crippen LogP contribution < -0.4 is 10.6 Å². The number of rotatable bonds is 4. The summed E-state index contributed by atoms with van der Waals surface area (Å²) >= 11 is 0. The third-order valence-corrected chi connectivity index (χ3v) is 3.60. The Balaban J connectivity index is 3.01. The van der Waals surface area contributed by atoms with Crippen LogP contribution in [0, 0.1) is 5.41 Å². The van der Waals surface area contributed by atoms with Crippen molar-refractivity contribution in [1.82, 2.24) is 10.3 Å². The predicted molar refractivity (Wildman–Crippen MR) is 84.3 cm³/mol. The molecule has 0 aliphatic rings. The molecule has 112 valence electrons. The minimum absolute atomic E-state index is 0.0371. The molecule has 0 spiro atoms. The van der Waals surface area contributed by atoms with Crippen LogP contribution in [0.25, 0.3) is 0 Å². The van der Waals surface area contributed by atoms with Gasteiger partial charge in [0.2, 0.25) is 0 Å². The molecular formula is C16H27N3O. The van der Waals surface area contributed by atoms with Crippen LogP contribution in [0.4, 0.5) is 5.82 Å². The average Bonchev–Trinajstić information content (AvgIpc) is 2.36. The Bertz CT molecular complexity index is 475. The zero-order valence-electron chi connectivity index (χ0n) is 13.7. The second-order valence-corrected chi connectivity index (χ2v) is 6.63. The highest BCUT2D eigenvalue weighted by Gasteiger charge is 2.22. The number of pyridine rings is 1. The van der Waals surface area contributed by atoms with Gasteiger partial charge in [0.05, 0.1) is 0 Å². The number of amides is 1. The van der Waals surface area contributed by atoms with Crippen LogP contribution in [0.3, 0.4) is 0 Å². The normalized spacial score (nSPS) is 13.2. The third-order valence-electron chi connectivity index (χ3n) is 3.60. The van der Waals surface area contributed by atoms with Crippen molar-refractivity contribution >= 4 is 11.7 Å². The number of carbonyl (C=O) groups excluding carboxylic acids is 1. The molecule has 0 saturated heterocycles. The van der Waals surface area contributed by atoms with E-state index in [0.717, 1.165) is 11.5 Å². The van der Waals surface area contributed by atoms with Gasteiger partial charge in [0, 0.05) is 24.3 Å². The van der Waals surface area contributed by atoms with Crippen LogP contribution in [0.15, 0.2) is 12.1 Å². The molecule has 1 aromatic heterocycles. The fraction of sp³-hybridized carbons (Fsp3) is 0.625. The first kappa shape index (κ1) is 16.5. The fourth-order valence-corrected chi connectivity index (χ4v) is 1.60. The number of carbonyl (C=O) groups is 1. The molecule has 0 aliphatic heterocycles. The Kier molecular flexibility index (Phi) is 5.15. The second-order valence-electron chi connectivity index (χ2n) is 6.63. The summed E-state index contributed by atoms with van der Waals surface area (Å²) in [6.07, 6.45) is 0. The third kappa shape index (κ3) is 4.22. The SMILES string of the molecule is CNc1cc(C(=O)NC(C)C(C)(C)C)cc(C(C)C)n1. The summed E-state index contributed by atoms with van der Waals surface area (Å²) in [6, 6.07) is 3.76. The molecule has 1 unspecified atom stereocenters. The van der Waals surface area contributed by atoms with E-state index < -0.39 is 0 Å². The monoisotopic (exact) mass is 277 g/mol. The summed E-state index contributed by atoms with van der Waals surface area (Å²) in [5.41, 5.74) is 1.62. The van der Waals surface area contributed by atoms with E-state index in [-0.39, 0.29) is 23.3 Å². The molecule has 2 N–H and O–H groups in total. The predicted octanol–water partition coefficient (Wildman–Crippen LogP) is 3.41. The van der Waals surface area contributed by atoms with E-state index in [1.807, 2.05) is 20.0 Å². The highest BCUT2D eigenvalue weighted by Crippen LogP contribution is 2.21. The Morgan fingerprint density at radius 1 is 1.20 bits per heavy atom. The Labute approximate surface area is 122 Å². The highest BCUT2D eigenvalue weighted by molar-refractivity contribution is 5.95. The van der Waals surface area contributed by atoms with Gasteiger partial charge in [-0.2, -0.15) is 0 Å². The summed E-state index contributed by atoms with van der Waals surface area (Å²) in [6.45, 7) is 12.5. The molecule has 4 nitrogen and oxygen atoms in total. The van der Waals surface area contributed by atoms with Gasteiger partial charge in [-0.3, -0.25) is 4.79 Å². The average molecular weight is 277 g/mol. The second kappa shape index (κ2) is 6.25. The molecule has 0 saturated carbocycles. The van der Waals surface area contributed by atoms with Crippen molar-refractivity contribution in [3.8, 4) is 0 Å². The van der Waals surface area contributed by atoms with E-state index in [4.69, 9.17) is 0 Å². The molecule has 1 rings (SSSR count). The standard InChI is InChI=1S/C16H27N3O/c1-10(2)13-8-12(9-14(17-7)19-13)15(20)18-11(3)16(4,5)6/h8-11H,1-7H3,(H,17,19)(H,18,20). The Morgan fingerprint density at radius 3 is 2.25 bits per heavy atom. The van der Waals surface area contributed by atoms with Crippen LogP contribution in [-0.4, -0.2) is 24.0 Å². The van der Waals surface area contributed by atoms with Gasteiger partial charge in [-0.15, -0.1) is 0 Å². The number of hydrogen-bond acceptors (Lipinski definition) is 3. The molecule has 1 aromatic rings. The Morgan fingerprint density at radius 2 is 1.80 bits per heavy atom. The summed E-state index contributed by atoms with van der Waals surface area (Å²) in [4.78, 5) is 16.8. The van der Waals surface area contributed by atoms with Gasteiger partial charge in [0.25, 0.3) is 5.91 Å². The van der Waals surface area contributed by atoms with Gasteiger partial charge in [-0.05, 0) is 30.4 Å². The topological polar surface area (TPSA) is 54.0 Å². The number of hydrogen-bond donors (Lipinski definition) is 2. The minimum Gasteiger partial charge on any atom is -0.373 e. The number of nitrogens with zero attached hydrogens (tertiary/aromatic N) is 1. The molecule has 1 heterocycles. The quantitative estimate of drug-likeness (QED) is 0.886. The summed E-state index contributed by atoms with van der Waals surface area (Å²) < 4.78 is 0. The van der Waals surface area contributed by atoms with Crippen LogP contribution in [0.5, 0.6) is 0 Å². The first-order valence-corrected chi connectivity index (χ1v) is 7.15. The van der Waals surface area contributed by atoms with E-state index in [0.29, 0.717) is 5.56 Å². The maximum atomic E-state index is 12.4. The van der Waals surface area contributed by atoms with Gasteiger partial charge >= 0.3 is 0 Å². The van der Waals surface area contributed by atoms with E-state index in [2.05, 4.69) is 50.2 Å². The molecule has 20 heavy (non-hydrogen) atoms. The fourth-order valence-electron chi connectivity index (χ4n) is 1.60. The molecule has 4 heteroatoms. The molecule has 0 aliphatic carbocycles. The smallest absolute Gasteiger partial charge is 0.251 e. The molecule has 1 amide bonds. The van der Waals surface area contributed by atoms with Crippen molar-refractivity contribution in [1.29, 1.82) is 0 Å². The van der Waals surface area contributed by atoms with Crippen LogP contribution in [0.2, 0.25) is 0 Å². The van der Waals surface area contributed by atoms with Gasteiger partial charge in [-0.25, -0.2) is 4.98 Å². The molecule has 0 aromatic carbocycles. The molecule has 0 fully saturated rings. The number of anilines is 1. The van der Waals surface area contributed by atoms with Crippen LogP contribution in [-0.2, 0) is 0 Å². The van der Waals surface area contributed by atoms with Crippen molar-refractivity contribution in [3.63, 3.8) is 0 Å². The maximum absolute atomic E-state index is 12.4. The summed E-state index contributed by atoms with van der Waals surface area (Å²) in [5.74, 6) is 0.966. The first-order chi connectivity index (χ1) is 9.15. The van der Waals surface area contributed by atoms with Crippen molar-refractivity contribution < 1.29 is 4.79 Å². The number of aromatic nitrogens is 1.